The molecule has 0 aliphatic rings. The minimum Gasteiger partial charge on any atom is -0.345 e. The van der Waals surface area contributed by atoms with E-state index in [1.807, 2.05) is 38.1 Å². The van der Waals surface area contributed by atoms with E-state index in [1.54, 1.807) is 19.0 Å². The molecule has 0 aliphatic heterocycles. The molecule has 0 saturated heterocycles. The molecule has 1 aromatic carbocycles. The molecule has 0 radical (unpaired) electrons. The lowest BCUT2D eigenvalue weighted by Crippen LogP contribution is -2.21. The fourth-order valence-corrected chi connectivity index (χ4v) is 1.18. The van der Waals surface area contributed by atoms with Crippen molar-refractivity contribution in [3.05, 3.63) is 35.4 Å². The van der Waals surface area contributed by atoms with E-state index in [2.05, 4.69) is 6.92 Å². The lowest BCUT2D eigenvalue weighted by Gasteiger charge is -2.10. The number of carbonyl (C=O) groups is 1. The summed E-state index contributed by atoms with van der Waals surface area (Å²) in [5.74, 6) is 0.0651. The third-order valence-electron chi connectivity index (χ3n) is 1.99. The summed E-state index contributed by atoms with van der Waals surface area (Å²) in [6.07, 6.45) is 0.967. The number of rotatable bonds is 2. The fourth-order valence-electron chi connectivity index (χ4n) is 1.18. The van der Waals surface area contributed by atoms with E-state index in [0.717, 1.165) is 12.0 Å². The Hall–Kier alpha value is -1.31. The van der Waals surface area contributed by atoms with Crippen LogP contribution in [0, 0.1) is 0 Å². The van der Waals surface area contributed by atoms with Crippen LogP contribution in [0.4, 0.5) is 0 Å². The second-order valence-corrected chi connectivity index (χ2v) is 3.25. The average Bonchev–Trinajstić information content (AvgIpc) is 2.30. The predicted octanol–water partition coefficient (Wildman–Crippen LogP) is 2.98. The summed E-state index contributed by atoms with van der Waals surface area (Å²) >= 11 is 0. The van der Waals surface area contributed by atoms with Gasteiger partial charge >= 0.3 is 0 Å². The zero-order valence-electron chi connectivity index (χ0n) is 10.4. The predicted molar refractivity (Wildman–Crippen MR) is 65.2 cm³/mol. The van der Waals surface area contributed by atoms with Gasteiger partial charge in [-0.2, -0.15) is 0 Å². The highest BCUT2D eigenvalue weighted by molar-refractivity contribution is 5.94. The fraction of sp³-hybridized carbons (Fsp3) is 0.462. The molecule has 1 amide bonds. The summed E-state index contributed by atoms with van der Waals surface area (Å²) in [7, 11) is 3.53. The van der Waals surface area contributed by atoms with Crippen molar-refractivity contribution in [3.8, 4) is 0 Å². The van der Waals surface area contributed by atoms with Gasteiger partial charge in [0.15, 0.2) is 0 Å². The van der Waals surface area contributed by atoms with Crippen LogP contribution in [0.25, 0.3) is 0 Å². The minimum atomic E-state index is 0.0651. The Morgan fingerprint density at radius 2 is 1.87 bits per heavy atom. The van der Waals surface area contributed by atoms with Gasteiger partial charge in [-0.3, -0.25) is 4.79 Å². The van der Waals surface area contributed by atoms with Gasteiger partial charge in [0, 0.05) is 19.7 Å². The summed E-state index contributed by atoms with van der Waals surface area (Å²) in [5.41, 5.74) is 1.97. The number of hydrogen-bond acceptors (Lipinski definition) is 1. The molecule has 0 aromatic heterocycles. The summed E-state index contributed by atoms with van der Waals surface area (Å²) in [4.78, 5) is 13.1. The highest BCUT2D eigenvalue weighted by Crippen LogP contribution is 2.07. The third kappa shape index (κ3) is 4.15. The molecular weight excluding hydrogens is 186 g/mol. The molecule has 0 fully saturated rings. The standard InChI is InChI=1S/C11H15NO.C2H6/c1-4-9-6-5-7-10(8-9)11(13)12(2)3;1-2/h5-8H,4H2,1-3H3;1-2H3. The quantitative estimate of drug-likeness (QED) is 0.730. The molecule has 0 saturated carbocycles. The highest BCUT2D eigenvalue weighted by atomic mass is 16.2. The van der Waals surface area contributed by atoms with Crippen LogP contribution in [0.3, 0.4) is 0 Å². The van der Waals surface area contributed by atoms with Gasteiger partial charge in [-0.15, -0.1) is 0 Å². The van der Waals surface area contributed by atoms with E-state index in [9.17, 15) is 4.79 Å². The van der Waals surface area contributed by atoms with Crippen LogP contribution in [0.2, 0.25) is 0 Å². The third-order valence-corrected chi connectivity index (χ3v) is 1.99. The average molecular weight is 207 g/mol. The first-order valence-corrected chi connectivity index (χ1v) is 5.45. The molecular formula is C13H21NO. The molecule has 84 valence electrons. The second-order valence-electron chi connectivity index (χ2n) is 3.25. The van der Waals surface area contributed by atoms with Gasteiger partial charge in [0.25, 0.3) is 5.91 Å². The molecule has 0 atom stereocenters. The van der Waals surface area contributed by atoms with Crippen LogP contribution >= 0.6 is 0 Å². The van der Waals surface area contributed by atoms with Gasteiger partial charge < -0.3 is 4.90 Å². The Morgan fingerprint density at radius 1 is 1.27 bits per heavy atom. The first-order chi connectivity index (χ1) is 7.15. The van der Waals surface area contributed by atoms with E-state index in [-0.39, 0.29) is 5.91 Å². The maximum absolute atomic E-state index is 11.5. The molecule has 0 heterocycles. The van der Waals surface area contributed by atoms with Crippen molar-refractivity contribution in [2.24, 2.45) is 0 Å². The van der Waals surface area contributed by atoms with Crippen LogP contribution in [-0.2, 0) is 6.42 Å². The summed E-state index contributed by atoms with van der Waals surface area (Å²) < 4.78 is 0. The van der Waals surface area contributed by atoms with Crippen LogP contribution < -0.4 is 0 Å². The van der Waals surface area contributed by atoms with E-state index in [1.165, 1.54) is 5.56 Å². The van der Waals surface area contributed by atoms with Crippen molar-refractivity contribution in [2.75, 3.05) is 14.1 Å². The van der Waals surface area contributed by atoms with Gasteiger partial charge in [0.1, 0.15) is 0 Å². The van der Waals surface area contributed by atoms with Crippen molar-refractivity contribution < 1.29 is 4.79 Å². The second kappa shape index (κ2) is 7.04. The smallest absolute Gasteiger partial charge is 0.253 e. The number of amides is 1. The number of nitrogens with zero attached hydrogens (tertiary/aromatic N) is 1. The molecule has 2 heteroatoms. The Balaban J connectivity index is 0.000000921. The van der Waals surface area contributed by atoms with E-state index >= 15 is 0 Å². The maximum Gasteiger partial charge on any atom is 0.253 e. The van der Waals surface area contributed by atoms with E-state index in [0.29, 0.717) is 0 Å². The monoisotopic (exact) mass is 207 g/mol. The summed E-state index contributed by atoms with van der Waals surface area (Å²) in [5, 5.41) is 0. The number of carbonyl (C=O) groups excluding carboxylic acids is 1. The van der Waals surface area contributed by atoms with Gasteiger partial charge in [-0.25, -0.2) is 0 Å². The largest absolute Gasteiger partial charge is 0.345 e. The first-order valence-electron chi connectivity index (χ1n) is 5.45. The van der Waals surface area contributed by atoms with Crippen molar-refractivity contribution in [2.45, 2.75) is 27.2 Å². The molecule has 1 aromatic rings. The van der Waals surface area contributed by atoms with Crippen molar-refractivity contribution in [3.63, 3.8) is 0 Å². The number of benzene rings is 1. The highest BCUT2D eigenvalue weighted by Gasteiger charge is 2.06. The Kier molecular flexibility index (Phi) is 6.43. The Bertz CT molecular complexity index is 305. The zero-order valence-corrected chi connectivity index (χ0v) is 10.4. The van der Waals surface area contributed by atoms with Crippen molar-refractivity contribution in [1.82, 2.24) is 4.90 Å². The van der Waals surface area contributed by atoms with Crippen LogP contribution in [0.1, 0.15) is 36.7 Å². The van der Waals surface area contributed by atoms with Gasteiger partial charge in [0.05, 0.1) is 0 Å². The molecule has 0 bridgehead atoms. The molecule has 0 aliphatic carbocycles. The van der Waals surface area contributed by atoms with Crippen LogP contribution in [0.5, 0.6) is 0 Å². The van der Waals surface area contributed by atoms with E-state index in [4.69, 9.17) is 0 Å². The molecule has 15 heavy (non-hydrogen) atoms. The van der Waals surface area contributed by atoms with Crippen LogP contribution in [0.15, 0.2) is 24.3 Å². The van der Waals surface area contributed by atoms with Gasteiger partial charge in [-0.1, -0.05) is 32.9 Å². The van der Waals surface area contributed by atoms with Gasteiger partial charge in [0.2, 0.25) is 0 Å². The summed E-state index contributed by atoms with van der Waals surface area (Å²) in [6, 6.07) is 7.76. The minimum absolute atomic E-state index is 0.0651. The first kappa shape index (κ1) is 13.7. The maximum atomic E-state index is 11.5. The molecule has 1 rings (SSSR count). The van der Waals surface area contributed by atoms with Gasteiger partial charge in [-0.05, 0) is 24.1 Å². The molecule has 0 spiro atoms. The van der Waals surface area contributed by atoms with Crippen LogP contribution in [-0.4, -0.2) is 24.9 Å². The van der Waals surface area contributed by atoms with Crippen molar-refractivity contribution >= 4 is 5.91 Å². The Labute approximate surface area is 92.9 Å². The number of aryl methyl sites for hydroxylation is 1. The zero-order chi connectivity index (χ0) is 11.8. The van der Waals surface area contributed by atoms with E-state index < -0.39 is 0 Å². The molecule has 0 N–H and O–H groups in total. The normalized spacial score (nSPS) is 8.87. The topological polar surface area (TPSA) is 20.3 Å². The SMILES string of the molecule is CC.CCc1cccc(C(=O)N(C)C)c1. The molecule has 0 unspecified atom stereocenters. The number of hydrogen-bond donors (Lipinski definition) is 0. The lowest BCUT2D eigenvalue weighted by molar-refractivity contribution is 0.0827. The van der Waals surface area contributed by atoms with Crippen molar-refractivity contribution in [1.29, 1.82) is 0 Å². The molecule has 2 nitrogen and oxygen atoms in total. The Morgan fingerprint density at radius 3 is 2.33 bits per heavy atom. The lowest BCUT2D eigenvalue weighted by atomic mass is 10.1. The summed E-state index contributed by atoms with van der Waals surface area (Å²) in [6.45, 7) is 6.08.